The Hall–Kier alpha value is -4.01. The van der Waals surface area contributed by atoms with Gasteiger partial charge in [-0.05, 0) is 54.7 Å². The second-order valence-electron chi connectivity index (χ2n) is 9.67. The lowest BCUT2D eigenvalue weighted by atomic mass is 9.86. The second-order valence-corrected chi connectivity index (χ2v) is 9.67. The van der Waals surface area contributed by atoms with Gasteiger partial charge in [0.25, 0.3) is 0 Å². The van der Waals surface area contributed by atoms with Crippen LogP contribution in [0.2, 0.25) is 0 Å². The van der Waals surface area contributed by atoms with Gasteiger partial charge in [-0.25, -0.2) is 9.59 Å². The predicted octanol–water partition coefficient (Wildman–Crippen LogP) is 4.91. The van der Waals surface area contributed by atoms with Crippen molar-refractivity contribution >= 4 is 17.8 Å². The van der Waals surface area contributed by atoms with E-state index in [-0.39, 0.29) is 17.7 Å². The van der Waals surface area contributed by atoms with Crippen molar-refractivity contribution in [1.29, 1.82) is 0 Å². The van der Waals surface area contributed by atoms with E-state index < -0.39 is 0 Å². The minimum atomic E-state index is -0.384. The third kappa shape index (κ3) is 4.98. The molecule has 5 rings (SSSR count). The van der Waals surface area contributed by atoms with Crippen molar-refractivity contribution in [1.82, 2.24) is 20.0 Å². The van der Waals surface area contributed by atoms with Gasteiger partial charge in [-0.15, -0.1) is 0 Å². The topological polar surface area (TPSA) is 91.0 Å². The van der Waals surface area contributed by atoms with Crippen molar-refractivity contribution in [3.05, 3.63) is 66.5 Å². The van der Waals surface area contributed by atoms with Crippen molar-refractivity contribution in [3.8, 4) is 16.9 Å². The number of hydrogen-bond acceptors (Lipinski definition) is 5. The highest BCUT2D eigenvalue weighted by Crippen LogP contribution is 2.40. The number of benzene rings is 2. The molecule has 9 heteroatoms. The number of H-pyrrole nitrogens is 1. The van der Waals surface area contributed by atoms with E-state index in [1.807, 2.05) is 71.5 Å². The smallest absolute Gasteiger partial charge is 0.409 e. The van der Waals surface area contributed by atoms with Crippen LogP contribution in [0.4, 0.5) is 15.3 Å². The molecular formula is C28H33N5O4. The maximum Gasteiger partial charge on any atom is 0.409 e. The molecule has 37 heavy (non-hydrogen) atoms. The van der Waals surface area contributed by atoms with Crippen LogP contribution in [-0.2, 0) is 11.3 Å². The SMILES string of the molecule is CCCOC(=O)N1CCC2(CC1)CN(c1ccc(-c3cn[nH]c3)cc1)C(=O)N2Cc1cccc(OC)c1. The van der Waals surface area contributed by atoms with E-state index in [0.29, 0.717) is 45.6 Å². The second kappa shape index (κ2) is 10.5. The van der Waals surface area contributed by atoms with E-state index >= 15 is 0 Å². The van der Waals surface area contributed by atoms with E-state index in [0.717, 1.165) is 34.5 Å². The summed E-state index contributed by atoms with van der Waals surface area (Å²) in [5.41, 5.74) is 3.51. The number of anilines is 1. The van der Waals surface area contributed by atoms with Crippen molar-refractivity contribution in [2.45, 2.75) is 38.3 Å². The molecule has 194 valence electrons. The molecule has 1 N–H and O–H groups in total. The van der Waals surface area contributed by atoms with Gasteiger partial charge in [0.15, 0.2) is 0 Å². The maximum atomic E-state index is 13.9. The summed E-state index contributed by atoms with van der Waals surface area (Å²) in [5, 5.41) is 6.86. The lowest BCUT2D eigenvalue weighted by Gasteiger charge is -2.43. The van der Waals surface area contributed by atoms with Crippen molar-refractivity contribution in [3.63, 3.8) is 0 Å². The van der Waals surface area contributed by atoms with Gasteiger partial charge in [0.05, 0.1) is 32.0 Å². The minimum absolute atomic E-state index is 0.0270. The Balaban J connectivity index is 1.40. The quantitative estimate of drug-likeness (QED) is 0.495. The summed E-state index contributed by atoms with van der Waals surface area (Å²) in [6, 6.07) is 15.8. The number of amides is 3. The first-order valence-electron chi connectivity index (χ1n) is 12.8. The molecule has 2 saturated heterocycles. The number of piperidine rings is 1. The lowest BCUT2D eigenvalue weighted by molar-refractivity contribution is 0.0534. The largest absolute Gasteiger partial charge is 0.497 e. The zero-order valence-corrected chi connectivity index (χ0v) is 21.4. The molecular weight excluding hydrogens is 470 g/mol. The summed E-state index contributed by atoms with van der Waals surface area (Å²) in [7, 11) is 1.64. The van der Waals surface area contributed by atoms with Gasteiger partial charge in [-0.1, -0.05) is 31.2 Å². The fraction of sp³-hybridized carbons (Fsp3) is 0.393. The molecule has 0 atom stereocenters. The molecule has 2 aliphatic rings. The molecule has 0 aliphatic carbocycles. The number of methoxy groups -OCH3 is 1. The standard InChI is InChI=1S/C28H33N5O4/c1-3-15-37-27(35)31-13-11-28(12-14-31)20-32(24-9-7-22(8-10-24)23-17-29-30-18-23)26(34)33(28)19-21-5-4-6-25(16-21)36-2/h4-10,16-18H,3,11-15,19-20H2,1-2H3,(H,29,30). The molecule has 0 saturated carbocycles. The van der Waals surface area contributed by atoms with Crippen molar-refractivity contribution in [2.75, 3.05) is 38.3 Å². The third-order valence-corrected chi connectivity index (χ3v) is 7.35. The van der Waals surface area contributed by atoms with Crippen LogP contribution in [0.15, 0.2) is 60.9 Å². The number of likely N-dealkylation sites (tertiary alicyclic amines) is 1. The van der Waals surface area contributed by atoms with Gasteiger partial charge in [0.1, 0.15) is 5.75 Å². The number of rotatable bonds is 7. The van der Waals surface area contributed by atoms with E-state index in [4.69, 9.17) is 9.47 Å². The van der Waals surface area contributed by atoms with Crippen LogP contribution >= 0.6 is 0 Å². The highest BCUT2D eigenvalue weighted by Gasteiger charge is 2.51. The summed E-state index contributed by atoms with van der Waals surface area (Å²) in [6.07, 6.45) is 5.52. The summed E-state index contributed by atoms with van der Waals surface area (Å²) in [4.78, 5) is 32.0. The van der Waals surface area contributed by atoms with E-state index in [9.17, 15) is 9.59 Å². The molecule has 0 bridgehead atoms. The molecule has 9 nitrogen and oxygen atoms in total. The van der Waals surface area contributed by atoms with Crippen LogP contribution < -0.4 is 9.64 Å². The van der Waals surface area contributed by atoms with Gasteiger partial charge in [0.2, 0.25) is 0 Å². The Morgan fingerprint density at radius 3 is 2.57 bits per heavy atom. The van der Waals surface area contributed by atoms with E-state index in [1.165, 1.54) is 0 Å². The summed E-state index contributed by atoms with van der Waals surface area (Å²) in [5.74, 6) is 0.762. The summed E-state index contributed by atoms with van der Waals surface area (Å²) < 4.78 is 10.8. The molecule has 2 aromatic carbocycles. The molecule has 1 aromatic heterocycles. The molecule has 0 radical (unpaired) electrons. The van der Waals surface area contributed by atoms with Gasteiger partial charge in [-0.3, -0.25) is 10.00 Å². The first-order valence-corrected chi connectivity index (χ1v) is 12.8. The van der Waals surface area contributed by atoms with Gasteiger partial charge in [0, 0.05) is 37.1 Å². The highest BCUT2D eigenvalue weighted by molar-refractivity contribution is 5.95. The van der Waals surface area contributed by atoms with Crippen LogP contribution in [0.25, 0.3) is 11.1 Å². The zero-order chi connectivity index (χ0) is 25.8. The van der Waals surface area contributed by atoms with Gasteiger partial charge in [-0.2, -0.15) is 5.10 Å². The number of aromatic amines is 1. The van der Waals surface area contributed by atoms with Crippen molar-refractivity contribution in [2.24, 2.45) is 0 Å². The normalized spacial score (nSPS) is 16.9. The first-order chi connectivity index (χ1) is 18.0. The number of hydrogen-bond donors (Lipinski definition) is 1. The average molecular weight is 504 g/mol. The number of nitrogens with zero attached hydrogens (tertiary/aromatic N) is 4. The minimum Gasteiger partial charge on any atom is -0.497 e. The number of nitrogens with one attached hydrogen (secondary N) is 1. The molecule has 3 heterocycles. The average Bonchev–Trinajstić information content (AvgIpc) is 3.56. The molecule has 3 aromatic rings. The first kappa shape index (κ1) is 24.7. The summed E-state index contributed by atoms with van der Waals surface area (Å²) in [6.45, 7) is 4.55. The van der Waals surface area contributed by atoms with E-state index in [2.05, 4.69) is 10.2 Å². The van der Waals surface area contributed by atoms with E-state index in [1.54, 1.807) is 18.2 Å². The van der Waals surface area contributed by atoms with Crippen LogP contribution in [0, 0.1) is 0 Å². The molecule has 2 aliphatic heterocycles. The van der Waals surface area contributed by atoms with Crippen molar-refractivity contribution < 1.29 is 19.1 Å². The number of carbonyl (C=O) groups excluding carboxylic acids is 2. The van der Waals surface area contributed by atoms with Gasteiger partial charge >= 0.3 is 12.1 Å². The fourth-order valence-corrected chi connectivity index (χ4v) is 5.24. The third-order valence-electron chi connectivity index (χ3n) is 7.35. The maximum absolute atomic E-state index is 13.9. The molecule has 3 amide bonds. The summed E-state index contributed by atoms with van der Waals surface area (Å²) >= 11 is 0. The van der Waals surface area contributed by atoms with Gasteiger partial charge < -0.3 is 19.3 Å². The predicted molar refractivity (Wildman–Crippen MR) is 140 cm³/mol. The Morgan fingerprint density at radius 2 is 1.89 bits per heavy atom. The molecule has 2 fully saturated rings. The zero-order valence-electron chi connectivity index (χ0n) is 21.4. The Bertz CT molecular complexity index is 1220. The fourth-order valence-electron chi connectivity index (χ4n) is 5.24. The monoisotopic (exact) mass is 503 g/mol. The van der Waals surface area contributed by atoms with Crippen LogP contribution in [0.1, 0.15) is 31.7 Å². The van der Waals surface area contributed by atoms with Crippen LogP contribution in [-0.4, -0.2) is 71.0 Å². The number of urea groups is 1. The number of ether oxygens (including phenoxy) is 2. The lowest BCUT2D eigenvalue weighted by Crippen LogP contribution is -2.55. The van der Waals surface area contributed by atoms with Crippen LogP contribution in [0.3, 0.4) is 0 Å². The number of carbonyl (C=O) groups is 2. The highest BCUT2D eigenvalue weighted by atomic mass is 16.6. The number of aromatic nitrogens is 2. The Labute approximate surface area is 217 Å². The molecule has 0 unspecified atom stereocenters. The Kier molecular flexibility index (Phi) is 7.03. The van der Waals surface area contributed by atoms with Crippen LogP contribution in [0.5, 0.6) is 5.75 Å². The Morgan fingerprint density at radius 1 is 1.11 bits per heavy atom. The molecule has 1 spiro atoms.